The zero-order chi connectivity index (χ0) is 18.7. The lowest BCUT2D eigenvalue weighted by molar-refractivity contribution is -0.119. The Morgan fingerprint density at radius 3 is 2.69 bits per heavy atom. The van der Waals surface area contributed by atoms with Crippen LogP contribution in [0.25, 0.3) is 0 Å². The number of carbonyl (C=O) groups excluding carboxylic acids is 3. The number of fused-ring (bicyclic) bond motifs is 1. The van der Waals surface area contributed by atoms with Crippen molar-refractivity contribution in [3.63, 3.8) is 0 Å². The number of benzene rings is 1. The standard InChI is InChI=1S/C16H15N3O6S/c1-3-10-15(26-19-18-10)16(22)23-6-14(21)17-11-5-13-12(24-7-25-13)4-9(11)8(2)20/h4-5H,3,6-7H2,1-2H3,(H,17,21). The number of hydrogen-bond acceptors (Lipinski definition) is 9. The topological polar surface area (TPSA) is 117 Å². The van der Waals surface area contributed by atoms with Crippen molar-refractivity contribution in [1.82, 2.24) is 9.59 Å². The number of nitrogens with one attached hydrogen (secondary N) is 1. The van der Waals surface area contributed by atoms with Crippen molar-refractivity contribution in [3.05, 3.63) is 28.3 Å². The number of rotatable bonds is 6. The zero-order valence-corrected chi connectivity index (χ0v) is 14.8. The highest BCUT2D eigenvalue weighted by Gasteiger charge is 2.22. The summed E-state index contributed by atoms with van der Waals surface area (Å²) in [6.45, 7) is 2.75. The van der Waals surface area contributed by atoms with Crippen molar-refractivity contribution in [2.75, 3.05) is 18.7 Å². The average Bonchev–Trinajstić information content (AvgIpc) is 3.27. The fourth-order valence-electron chi connectivity index (χ4n) is 2.31. The molecule has 2 heterocycles. The Balaban J connectivity index is 1.67. The van der Waals surface area contributed by atoms with Gasteiger partial charge in [0.2, 0.25) is 6.79 Å². The first-order valence-corrected chi connectivity index (χ1v) is 8.49. The van der Waals surface area contributed by atoms with Crippen molar-refractivity contribution in [3.8, 4) is 11.5 Å². The van der Waals surface area contributed by atoms with Gasteiger partial charge in [0.1, 0.15) is 0 Å². The van der Waals surface area contributed by atoms with Crippen LogP contribution < -0.4 is 14.8 Å². The molecular weight excluding hydrogens is 362 g/mol. The molecule has 0 aliphatic carbocycles. The lowest BCUT2D eigenvalue weighted by Crippen LogP contribution is -2.22. The van der Waals surface area contributed by atoms with Crippen LogP contribution in [0, 0.1) is 0 Å². The van der Waals surface area contributed by atoms with Crippen molar-refractivity contribution in [2.45, 2.75) is 20.3 Å². The lowest BCUT2D eigenvalue weighted by atomic mass is 10.1. The Morgan fingerprint density at radius 2 is 2.00 bits per heavy atom. The van der Waals surface area contributed by atoms with E-state index in [1.165, 1.54) is 19.1 Å². The van der Waals surface area contributed by atoms with Gasteiger partial charge in [0.15, 0.2) is 28.8 Å². The fraction of sp³-hybridized carbons (Fsp3) is 0.312. The highest BCUT2D eigenvalue weighted by atomic mass is 32.1. The van der Waals surface area contributed by atoms with Gasteiger partial charge >= 0.3 is 5.97 Å². The maximum absolute atomic E-state index is 12.1. The van der Waals surface area contributed by atoms with Crippen molar-refractivity contribution >= 4 is 34.9 Å². The second-order valence-electron chi connectivity index (χ2n) is 5.33. The summed E-state index contributed by atoms with van der Waals surface area (Å²) in [5, 5.41) is 6.37. The van der Waals surface area contributed by atoms with Crippen LogP contribution in [0.1, 0.15) is 39.6 Å². The van der Waals surface area contributed by atoms with Crippen LogP contribution in [0.5, 0.6) is 11.5 Å². The molecule has 0 fully saturated rings. The van der Waals surface area contributed by atoms with E-state index < -0.39 is 18.5 Å². The van der Waals surface area contributed by atoms with Crippen molar-refractivity contribution in [2.24, 2.45) is 0 Å². The van der Waals surface area contributed by atoms with E-state index in [9.17, 15) is 14.4 Å². The maximum Gasteiger partial charge on any atom is 0.352 e. The molecule has 0 saturated carbocycles. The van der Waals surface area contributed by atoms with Gasteiger partial charge in [0, 0.05) is 11.6 Å². The quantitative estimate of drug-likeness (QED) is 0.598. The second kappa shape index (κ2) is 7.48. The molecule has 1 aliphatic heterocycles. The summed E-state index contributed by atoms with van der Waals surface area (Å²) in [7, 11) is 0. The molecule has 26 heavy (non-hydrogen) atoms. The van der Waals surface area contributed by atoms with Gasteiger partial charge in [-0.1, -0.05) is 11.4 Å². The SMILES string of the molecule is CCc1nnsc1C(=O)OCC(=O)Nc1cc2c(cc1C(C)=O)OCO2. The van der Waals surface area contributed by atoms with Crippen molar-refractivity contribution in [1.29, 1.82) is 0 Å². The van der Waals surface area contributed by atoms with Crippen LogP contribution in [-0.2, 0) is 16.0 Å². The van der Waals surface area contributed by atoms with E-state index in [0.717, 1.165) is 11.5 Å². The van der Waals surface area contributed by atoms with Gasteiger partial charge in [0.05, 0.1) is 11.4 Å². The van der Waals surface area contributed by atoms with E-state index in [2.05, 4.69) is 14.9 Å². The largest absolute Gasteiger partial charge is 0.454 e. The van der Waals surface area contributed by atoms with Gasteiger partial charge in [-0.2, -0.15) is 0 Å². The monoisotopic (exact) mass is 377 g/mol. The first-order chi connectivity index (χ1) is 12.5. The molecule has 0 spiro atoms. The Labute approximate surface area is 152 Å². The summed E-state index contributed by atoms with van der Waals surface area (Å²) >= 11 is 0.915. The number of carbonyl (C=O) groups is 3. The van der Waals surface area contributed by atoms with Crippen LogP contribution in [0.4, 0.5) is 5.69 Å². The number of hydrogen-bond donors (Lipinski definition) is 1. The second-order valence-corrected chi connectivity index (χ2v) is 6.09. The minimum absolute atomic E-state index is 0.0460. The predicted octanol–water partition coefficient (Wildman–Crippen LogP) is 1.83. The third-order valence-corrected chi connectivity index (χ3v) is 4.32. The Bertz CT molecular complexity index is 879. The van der Waals surface area contributed by atoms with Crippen LogP contribution in [0.2, 0.25) is 0 Å². The molecule has 0 radical (unpaired) electrons. The minimum Gasteiger partial charge on any atom is -0.454 e. The van der Waals surface area contributed by atoms with Gasteiger partial charge in [-0.15, -0.1) is 5.10 Å². The van der Waals surface area contributed by atoms with Gasteiger partial charge in [-0.25, -0.2) is 4.79 Å². The van der Waals surface area contributed by atoms with E-state index in [-0.39, 0.29) is 28.7 Å². The molecule has 9 nitrogen and oxygen atoms in total. The van der Waals surface area contributed by atoms with Gasteiger partial charge in [-0.05, 0) is 30.9 Å². The smallest absolute Gasteiger partial charge is 0.352 e. The molecule has 1 amide bonds. The number of esters is 1. The molecule has 1 N–H and O–H groups in total. The average molecular weight is 377 g/mol. The Morgan fingerprint density at radius 1 is 1.27 bits per heavy atom. The van der Waals surface area contributed by atoms with E-state index in [0.29, 0.717) is 23.6 Å². The Kier molecular flexibility index (Phi) is 5.12. The Hall–Kier alpha value is -3.01. The summed E-state index contributed by atoms with van der Waals surface area (Å²) in [6.07, 6.45) is 0.534. The third kappa shape index (κ3) is 3.64. The van der Waals surface area contributed by atoms with Gasteiger partial charge < -0.3 is 19.5 Å². The first kappa shape index (κ1) is 17.8. The van der Waals surface area contributed by atoms with Crippen LogP contribution in [0.15, 0.2) is 12.1 Å². The highest BCUT2D eigenvalue weighted by Crippen LogP contribution is 2.37. The van der Waals surface area contributed by atoms with E-state index in [4.69, 9.17) is 14.2 Å². The predicted molar refractivity (Wildman–Crippen MR) is 90.8 cm³/mol. The molecule has 136 valence electrons. The molecular formula is C16H15N3O6S. The number of anilines is 1. The third-order valence-electron chi connectivity index (χ3n) is 3.58. The molecule has 0 unspecified atom stereocenters. The summed E-state index contributed by atoms with van der Waals surface area (Å²) in [5.74, 6) is -0.645. The normalized spacial score (nSPS) is 11.9. The number of ether oxygens (including phenoxy) is 3. The summed E-state index contributed by atoms with van der Waals surface area (Å²) in [5.41, 5.74) is 1.06. The number of aryl methyl sites for hydroxylation is 1. The first-order valence-electron chi connectivity index (χ1n) is 7.72. The number of amides is 1. The molecule has 10 heteroatoms. The summed E-state index contributed by atoms with van der Waals surface area (Å²) in [4.78, 5) is 36.2. The molecule has 1 aromatic carbocycles. The molecule has 0 atom stereocenters. The molecule has 1 aromatic heterocycles. The molecule has 2 aromatic rings. The molecule has 1 aliphatic rings. The maximum atomic E-state index is 12.1. The lowest BCUT2D eigenvalue weighted by Gasteiger charge is -2.10. The zero-order valence-electron chi connectivity index (χ0n) is 14.0. The number of nitrogens with zero attached hydrogens (tertiary/aromatic N) is 2. The summed E-state index contributed by atoms with van der Waals surface area (Å²) < 4.78 is 19.2. The molecule has 0 bridgehead atoms. The van der Waals surface area contributed by atoms with E-state index in [1.54, 1.807) is 0 Å². The summed E-state index contributed by atoms with van der Waals surface area (Å²) in [6, 6.07) is 3.00. The van der Waals surface area contributed by atoms with E-state index >= 15 is 0 Å². The van der Waals surface area contributed by atoms with Crippen molar-refractivity contribution < 1.29 is 28.6 Å². The van der Waals surface area contributed by atoms with Gasteiger partial charge in [-0.3, -0.25) is 9.59 Å². The highest BCUT2D eigenvalue weighted by molar-refractivity contribution is 7.07. The van der Waals surface area contributed by atoms with E-state index in [1.807, 2.05) is 6.92 Å². The number of ketones is 1. The minimum atomic E-state index is -0.663. The number of Topliss-reactive ketones (excluding diaryl/α,β-unsaturated/α-hetero) is 1. The van der Waals surface area contributed by atoms with Gasteiger partial charge in [0.25, 0.3) is 5.91 Å². The fourth-order valence-corrected chi connectivity index (χ4v) is 2.96. The molecule has 0 saturated heterocycles. The number of aromatic nitrogens is 2. The molecule has 3 rings (SSSR count). The van der Waals surface area contributed by atoms with Crippen LogP contribution >= 0.6 is 11.5 Å². The van der Waals surface area contributed by atoms with Crippen LogP contribution in [-0.4, -0.2) is 40.6 Å². The van der Waals surface area contributed by atoms with Crippen LogP contribution in [0.3, 0.4) is 0 Å².